The van der Waals surface area contributed by atoms with Crippen LogP contribution in [-0.2, 0) is 4.79 Å². The molecule has 1 fully saturated rings. The Bertz CT molecular complexity index is 462. The minimum absolute atomic E-state index is 0.0339. The quantitative estimate of drug-likeness (QED) is 0.813. The van der Waals surface area contributed by atoms with Gasteiger partial charge in [-0.2, -0.15) is 0 Å². The molecular weight excluding hydrogens is 241 g/mol. The van der Waals surface area contributed by atoms with Gasteiger partial charge < -0.3 is 4.90 Å². The van der Waals surface area contributed by atoms with Crippen LogP contribution in [0.4, 0.5) is 4.39 Å². The van der Waals surface area contributed by atoms with Crippen LogP contribution < -0.4 is 0 Å². The van der Waals surface area contributed by atoms with Gasteiger partial charge in [-0.15, -0.1) is 0 Å². The average molecular weight is 263 g/mol. The molecule has 2 atom stereocenters. The number of halogens is 1. The molecule has 19 heavy (non-hydrogen) atoms. The molecule has 1 aliphatic carbocycles. The summed E-state index contributed by atoms with van der Waals surface area (Å²) in [7, 11) is 0. The van der Waals surface area contributed by atoms with E-state index in [9.17, 15) is 9.18 Å². The second kappa shape index (κ2) is 5.32. The van der Waals surface area contributed by atoms with Gasteiger partial charge in [0.2, 0.25) is 5.91 Å². The van der Waals surface area contributed by atoms with E-state index in [1.165, 1.54) is 6.07 Å². The molecule has 0 aromatic heterocycles. The second-order valence-electron chi connectivity index (χ2n) is 5.94. The molecule has 1 saturated carbocycles. The number of hydrogen-bond donors (Lipinski definition) is 0. The van der Waals surface area contributed by atoms with Gasteiger partial charge in [0.05, 0.1) is 0 Å². The number of rotatable bonds is 4. The fourth-order valence-electron chi connectivity index (χ4n) is 2.87. The number of hydrogen-bond acceptors (Lipinski definition) is 1. The van der Waals surface area contributed by atoms with Crippen LogP contribution in [0.2, 0.25) is 0 Å². The molecule has 0 radical (unpaired) electrons. The molecule has 1 amide bonds. The van der Waals surface area contributed by atoms with Gasteiger partial charge in [0.25, 0.3) is 0 Å². The van der Waals surface area contributed by atoms with Crippen molar-refractivity contribution < 1.29 is 9.18 Å². The van der Waals surface area contributed by atoms with Gasteiger partial charge in [0, 0.05) is 18.0 Å². The first kappa shape index (κ1) is 14.0. The molecule has 0 heterocycles. The van der Waals surface area contributed by atoms with E-state index in [-0.39, 0.29) is 35.6 Å². The van der Waals surface area contributed by atoms with E-state index in [0.717, 1.165) is 12.0 Å². The fraction of sp³-hybridized carbons (Fsp3) is 0.562. The van der Waals surface area contributed by atoms with Gasteiger partial charge in [0.15, 0.2) is 0 Å². The summed E-state index contributed by atoms with van der Waals surface area (Å²) in [5.41, 5.74) is 0.950. The highest BCUT2D eigenvalue weighted by molar-refractivity contribution is 5.83. The maximum atomic E-state index is 13.2. The summed E-state index contributed by atoms with van der Waals surface area (Å²) in [6.45, 7) is 8.16. The molecule has 0 saturated heterocycles. The second-order valence-corrected chi connectivity index (χ2v) is 5.94. The molecule has 1 aromatic rings. The average Bonchev–Trinajstić information content (AvgIpc) is 3.07. The van der Waals surface area contributed by atoms with E-state index in [4.69, 9.17) is 0 Å². The van der Waals surface area contributed by atoms with Crippen molar-refractivity contribution in [2.75, 3.05) is 0 Å². The van der Waals surface area contributed by atoms with Gasteiger partial charge in [-0.25, -0.2) is 4.39 Å². The monoisotopic (exact) mass is 263 g/mol. The fourth-order valence-corrected chi connectivity index (χ4v) is 2.87. The Morgan fingerprint density at radius 1 is 1.26 bits per heavy atom. The smallest absolute Gasteiger partial charge is 0.226 e. The lowest BCUT2D eigenvalue weighted by atomic mass is 10.1. The predicted molar refractivity (Wildman–Crippen MR) is 74.4 cm³/mol. The van der Waals surface area contributed by atoms with Gasteiger partial charge >= 0.3 is 0 Å². The van der Waals surface area contributed by atoms with Gasteiger partial charge in [-0.05, 0) is 57.7 Å². The Kier molecular flexibility index (Phi) is 3.93. The van der Waals surface area contributed by atoms with Crippen molar-refractivity contribution in [3.05, 3.63) is 35.6 Å². The van der Waals surface area contributed by atoms with E-state index in [0.29, 0.717) is 0 Å². The number of carbonyl (C=O) groups excluding carboxylic acids is 1. The minimum Gasteiger partial charge on any atom is -0.338 e. The highest BCUT2D eigenvalue weighted by Crippen LogP contribution is 2.48. The van der Waals surface area contributed by atoms with Gasteiger partial charge in [-0.1, -0.05) is 12.1 Å². The van der Waals surface area contributed by atoms with Crippen molar-refractivity contribution in [1.82, 2.24) is 4.90 Å². The highest BCUT2D eigenvalue weighted by atomic mass is 19.1. The zero-order valence-corrected chi connectivity index (χ0v) is 12.1. The Hall–Kier alpha value is -1.38. The molecule has 2 unspecified atom stereocenters. The number of nitrogens with zero attached hydrogens (tertiary/aromatic N) is 1. The number of amides is 1. The Labute approximate surface area is 114 Å². The van der Waals surface area contributed by atoms with Crippen molar-refractivity contribution in [2.24, 2.45) is 5.92 Å². The van der Waals surface area contributed by atoms with Crippen LogP contribution in [0.3, 0.4) is 0 Å². The number of benzene rings is 1. The molecule has 0 aliphatic heterocycles. The Morgan fingerprint density at radius 2 is 1.89 bits per heavy atom. The van der Waals surface area contributed by atoms with E-state index in [1.807, 2.05) is 38.7 Å². The van der Waals surface area contributed by atoms with Crippen LogP contribution in [0.15, 0.2) is 24.3 Å². The summed E-state index contributed by atoms with van der Waals surface area (Å²) in [6.07, 6.45) is 0.845. The van der Waals surface area contributed by atoms with Crippen LogP contribution in [0, 0.1) is 11.7 Å². The highest BCUT2D eigenvalue weighted by Gasteiger charge is 2.46. The topological polar surface area (TPSA) is 20.3 Å². The first-order valence-corrected chi connectivity index (χ1v) is 6.99. The van der Waals surface area contributed by atoms with Gasteiger partial charge in [-0.3, -0.25) is 4.79 Å². The minimum atomic E-state index is -0.222. The summed E-state index contributed by atoms with van der Waals surface area (Å²) >= 11 is 0. The lowest BCUT2D eigenvalue weighted by Gasteiger charge is -2.31. The molecule has 0 spiro atoms. The van der Waals surface area contributed by atoms with E-state index in [2.05, 4.69) is 0 Å². The third-order valence-electron chi connectivity index (χ3n) is 3.75. The molecular formula is C16H22FNO. The van der Waals surface area contributed by atoms with E-state index in [1.54, 1.807) is 12.1 Å². The van der Waals surface area contributed by atoms with Crippen molar-refractivity contribution in [3.63, 3.8) is 0 Å². The Morgan fingerprint density at radius 3 is 2.42 bits per heavy atom. The largest absolute Gasteiger partial charge is 0.338 e. The predicted octanol–water partition coefficient (Wildman–Crippen LogP) is 3.57. The summed E-state index contributed by atoms with van der Waals surface area (Å²) < 4.78 is 13.2. The first-order valence-electron chi connectivity index (χ1n) is 6.99. The molecule has 1 aliphatic rings. The van der Waals surface area contributed by atoms with Crippen molar-refractivity contribution in [3.8, 4) is 0 Å². The number of carbonyl (C=O) groups is 1. The van der Waals surface area contributed by atoms with Crippen LogP contribution >= 0.6 is 0 Å². The molecule has 0 bridgehead atoms. The molecule has 1 aromatic carbocycles. The van der Waals surface area contributed by atoms with Crippen molar-refractivity contribution in [2.45, 2.75) is 52.1 Å². The van der Waals surface area contributed by atoms with Crippen molar-refractivity contribution in [1.29, 1.82) is 0 Å². The molecule has 0 N–H and O–H groups in total. The van der Waals surface area contributed by atoms with E-state index >= 15 is 0 Å². The van der Waals surface area contributed by atoms with Crippen LogP contribution in [-0.4, -0.2) is 22.9 Å². The normalized spacial score (nSPS) is 21.8. The maximum absolute atomic E-state index is 13.2. The molecule has 3 heteroatoms. The van der Waals surface area contributed by atoms with Crippen LogP contribution in [0.5, 0.6) is 0 Å². The van der Waals surface area contributed by atoms with Crippen molar-refractivity contribution >= 4 is 5.91 Å². The standard InChI is InChI=1S/C16H22FNO/c1-10(2)18(11(3)4)16(19)15-9-14(15)12-6-5-7-13(17)8-12/h5-8,10-11,14-15H,9H2,1-4H3. The van der Waals surface area contributed by atoms with Gasteiger partial charge in [0.1, 0.15) is 5.82 Å². The summed E-state index contributed by atoms with van der Waals surface area (Å²) in [5, 5.41) is 0. The van der Waals surface area contributed by atoms with Crippen LogP contribution in [0.1, 0.15) is 45.6 Å². The molecule has 104 valence electrons. The SMILES string of the molecule is CC(C)N(C(=O)C1CC1c1cccc(F)c1)C(C)C. The zero-order valence-electron chi connectivity index (χ0n) is 12.1. The first-order chi connectivity index (χ1) is 8.91. The Balaban J connectivity index is 2.08. The van der Waals surface area contributed by atoms with E-state index < -0.39 is 0 Å². The summed E-state index contributed by atoms with van der Waals surface area (Å²) in [4.78, 5) is 14.4. The molecule has 2 nitrogen and oxygen atoms in total. The lowest BCUT2D eigenvalue weighted by molar-refractivity contribution is -0.136. The zero-order chi connectivity index (χ0) is 14.2. The van der Waals surface area contributed by atoms with Crippen LogP contribution in [0.25, 0.3) is 0 Å². The summed E-state index contributed by atoms with van der Waals surface area (Å²) in [5.74, 6) is 0.217. The lowest BCUT2D eigenvalue weighted by Crippen LogP contribution is -2.43. The third kappa shape index (κ3) is 2.96. The summed E-state index contributed by atoms with van der Waals surface area (Å²) in [6, 6.07) is 7.04. The third-order valence-corrected chi connectivity index (χ3v) is 3.75. The molecule has 2 rings (SSSR count). The maximum Gasteiger partial charge on any atom is 0.226 e.